The lowest BCUT2D eigenvalue weighted by Crippen LogP contribution is -2.42. The summed E-state index contributed by atoms with van der Waals surface area (Å²) >= 11 is 0. The maximum Gasteiger partial charge on any atom is 0.217 e. The Hall–Kier alpha value is -0.210. The largest absolute Gasteiger partial charge is 0.726 e. The van der Waals surface area contributed by atoms with Gasteiger partial charge in [-0.1, -0.05) is 32.6 Å². The van der Waals surface area contributed by atoms with E-state index in [9.17, 15) is 13.0 Å². The van der Waals surface area contributed by atoms with Crippen molar-refractivity contribution in [3.05, 3.63) is 0 Å². The van der Waals surface area contributed by atoms with Crippen LogP contribution in [0.4, 0.5) is 0 Å². The van der Waals surface area contributed by atoms with Gasteiger partial charge in [-0.05, 0) is 12.8 Å². The number of hydrogen-bond donors (Lipinski definition) is 1. The molecule has 6 nitrogen and oxygen atoms in total. The highest BCUT2D eigenvalue weighted by molar-refractivity contribution is 7.80. The number of unbranched alkanes of at least 4 members (excludes halogenated alkanes) is 5. The van der Waals surface area contributed by atoms with Crippen LogP contribution in [0, 0.1) is 0 Å². The molecular formula is C13H31NO5S. The van der Waals surface area contributed by atoms with Crippen molar-refractivity contribution in [3.63, 3.8) is 0 Å². The smallest absolute Gasteiger partial charge is 0.217 e. The van der Waals surface area contributed by atoms with Crippen molar-refractivity contribution >= 4 is 10.4 Å². The fraction of sp³-hybridized carbons (Fsp3) is 1.00. The number of quaternary nitrogens is 1. The number of hydrogen-bond acceptors (Lipinski definition) is 5. The van der Waals surface area contributed by atoms with Crippen LogP contribution >= 0.6 is 0 Å². The van der Waals surface area contributed by atoms with Crippen LogP contribution in [0.2, 0.25) is 0 Å². The fourth-order valence-electron chi connectivity index (χ4n) is 1.70. The highest BCUT2D eigenvalue weighted by Gasteiger charge is 2.12. The summed E-state index contributed by atoms with van der Waals surface area (Å²) in [6.45, 7) is 4.64. The van der Waals surface area contributed by atoms with Crippen LogP contribution < -0.4 is 0 Å². The average molecular weight is 313 g/mol. The first-order valence-corrected chi connectivity index (χ1v) is 8.46. The minimum atomic E-state index is -4.41. The molecule has 1 N–H and O–H groups in total. The second kappa shape index (κ2) is 12.5. The molecule has 0 aliphatic heterocycles. The zero-order valence-corrected chi connectivity index (χ0v) is 14.1. The summed E-state index contributed by atoms with van der Waals surface area (Å²) in [5, 5.41) is 8.86. The lowest BCUT2D eigenvalue weighted by Gasteiger charge is -2.28. The fourth-order valence-corrected chi connectivity index (χ4v) is 1.70. The first-order valence-electron chi connectivity index (χ1n) is 7.13. The van der Waals surface area contributed by atoms with Gasteiger partial charge in [-0.25, -0.2) is 8.42 Å². The Morgan fingerprint density at radius 3 is 1.90 bits per heavy atom. The molecule has 7 heteroatoms. The molecule has 0 aromatic rings. The standard InChI is InChI=1S/C12H28NO.CH4O4S/c1-4-5-6-7-8-9-10-13(2,3)11-12-14;1-5-6(2,3)4/h14H,4-12H2,1-3H3;1H3,(H,2,3,4)/q+1;/p-1. The minimum Gasteiger partial charge on any atom is -0.726 e. The Labute approximate surface area is 124 Å². The van der Waals surface area contributed by atoms with E-state index >= 15 is 0 Å². The minimum absolute atomic E-state index is 0.308. The zero-order chi connectivity index (χ0) is 16.1. The van der Waals surface area contributed by atoms with Gasteiger partial charge in [0.05, 0.1) is 34.4 Å². The van der Waals surface area contributed by atoms with Gasteiger partial charge >= 0.3 is 0 Å². The van der Waals surface area contributed by atoms with Gasteiger partial charge in [0.1, 0.15) is 6.54 Å². The molecule has 0 fully saturated rings. The summed E-state index contributed by atoms with van der Waals surface area (Å²) in [5.74, 6) is 0. The summed E-state index contributed by atoms with van der Waals surface area (Å²) in [6.07, 6.45) is 8.14. The van der Waals surface area contributed by atoms with Crippen molar-refractivity contribution in [3.8, 4) is 0 Å². The van der Waals surface area contributed by atoms with Gasteiger partial charge in [0.15, 0.2) is 0 Å². The summed E-state index contributed by atoms with van der Waals surface area (Å²) in [5.41, 5.74) is 0. The van der Waals surface area contributed by atoms with Crippen molar-refractivity contribution in [1.82, 2.24) is 0 Å². The molecule has 0 rings (SSSR count). The van der Waals surface area contributed by atoms with E-state index < -0.39 is 10.4 Å². The van der Waals surface area contributed by atoms with Crippen molar-refractivity contribution in [2.75, 3.05) is 40.9 Å². The summed E-state index contributed by atoms with van der Waals surface area (Å²) in [4.78, 5) is 0. The van der Waals surface area contributed by atoms with Gasteiger partial charge in [-0.3, -0.25) is 4.18 Å². The molecule has 0 heterocycles. The lowest BCUT2D eigenvalue weighted by molar-refractivity contribution is -0.890. The first-order chi connectivity index (χ1) is 9.18. The first kappa shape index (κ1) is 22.1. The van der Waals surface area contributed by atoms with Crippen molar-refractivity contribution < 1.29 is 26.7 Å². The van der Waals surface area contributed by atoms with E-state index in [1.807, 2.05) is 0 Å². The molecule has 0 radical (unpaired) electrons. The molecule has 124 valence electrons. The number of likely N-dealkylation sites (N-methyl/N-ethyl adjacent to an activating group) is 1. The van der Waals surface area contributed by atoms with Gasteiger partial charge < -0.3 is 14.1 Å². The van der Waals surface area contributed by atoms with E-state index in [1.54, 1.807) is 0 Å². The van der Waals surface area contributed by atoms with E-state index in [0.717, 1.165) is 18.1 Å². The Kier molecular flexibility index (Phi) is 13.8. The van der Waals surface area contributed by atoms with Crippen LogP contribution in [0.5, 0.6) is 0 Å². The molecule has 0 aliphatic rings. The quantitative estimate of drug-likeness (QED) is 0.286. The second-order valence-corrected chi connectivity index (χ2v) is 6.60. The molecule has 0 atom stereocenters. The van der Waals surface area contributed by atoms with Crippen molar-refractivity contribution in [1.29, 1.82) is 0 Å². The molecule has 20 heavy (non-hydrogen) atoms. The molecule has 0 spiro atoms. The Bertz CT molecular complexity index is 304. The third kappa shape index (κ3) is 20.1. The number of rotatable bonds is 10. The van der Waals surface area contributed by atoms with Crippen LogP contribution in [-0.2, 0) is 14.6 Å². The predicted molar refractivity (Wildman–Crippen MR) is 79.0 cm³/mol. The maximum atomic E-state index is 9.22. The Balaban J connectivity index is 0. The molecule has 0 saturated carbocycles. The SMILES string of the molecule is CCCCCCCC[N+](C)(C)CCO.COS(=O)(=O)[O-]. The monoisotopic (exact) mass is 313 g/mol. The van der Waals surface area contributed by atoms with Gasteiger partial charge in [-0.15, -0.1) is 0 Å². The number of nitrogens with zero attached hydrogens (tertiary/aromatic N) is 1. The topological polar surface area (TPSA) is 86.7 Å². The van der Waals surface area contributed by atoms with E-state index in [1.165, 1.54) is 45.1 Å². The van der Waals surface area contributed by atoms with E-state index in [4.69, 9.17) is 5.11 Å². The lowest BCUT2D eigenvalue weighted by atomic mass is 10.1. The number of aliphatic hydroxyl groups is 1. The molecule has 0 bridgehead atoms. The molecule has 0 amide bonds. The van der Waals surface area contributed by atoms with Crippen LogP contribution in [-0.4, -0.2) is 63.5 Å². The molecule has 0 aromatic heterocycles. The van der Waals surface area contributed by atoms with Crippen molar-refractivity contribution in [2.24, 2.45) is 0 Å². The van der Waals surface area contributed by atoms with Crippen LogP contribution in [0.3, 0.4) is 0 Å². The summed E-state index contributed by atoms with van der Waals surface area (Å²) in [6, 6.07) is 0. The molecule has 0 aromatic carbocycles. The molecular weight excluding hydrogens is 282 g/mol. The Morgan fingerprint density at radius 2 is 1.50 bits per heavy atom. The molecule has 0 unspecified atom stereocenters. The predicted octanol–water partition coefficient (Wildman–Crippen LogP) is 1.51. The Morgan fingerprint density at radius 1 is 1.05 bits per heavy atom. The maximum absolute atomic E-state index is 9.22. The highest BCUT2D eigenvalue weighted by atomic mass is 32.3. The molecule has 0 aliphatic carbocycles. The highest BCUT2D eigenvalue weighted by Crippen LogP contribution is 2.07. The van der Waals surface area contributed by atoms with Gasteiger partial charge in [0.2, 0.25) is 10.4 Å². The van der Waals surface area contributed by atoms with Gasteiger partial charge in [0.25, 0.3) is 0 Å². The third-order valence-corrected chi connectivity index (χ3v) is 3.43. The van der Waals surface area contributed by atoms with E-state index in [2.05, 4.69) is 25.2 Å². The van der Waals surface area contributed by atoms with E-state index in [-0.39, 0.29) is 0 Å². The van der Waals surface area contributed by atoms with E-state index in [0.29, 0.717) is 6.61 Å². The summed E-state index contributed by atoms with van der Waals surface area (Å²) < 4.78 is 32.0. The van der Waals surface area contributed by atoms with Crippen LogP contribution in [0.15, 0.2) is 0 Å². The third-order valence-electron chi connectivity index (χ3n) is 3.03. The van der Waals surface area contributed by atoms with Crippen molar-refractivity contribution in [2.45, 2.75) is 45.4 Å². The normalized spacial score (nSPS) is 11.9. The van der Waals surface area contributed by atoms with Crippen LogP contribution in [0.1, 0.15) is 45.4 Å². The van der Waals surface area contributed by atoms with Gasteiger partial charge in [-0.2, -0.15) is 0 Å². The molecule has 0 saturated heterocycles. The second-order valence-electron chi connectivity index (χ2n) is 5.45. The zero-order valence-electron chi connectivity index (χ0n) is 13.3. The summed E-state index contributed by atoms with van der Waals surface area (Å²) in [7, 11) is 0.789. The number of aliphatic hydroxyl groups excluding tert-OH is 1. The van der Waals surface area contributed by atoms with Crippen LogP contribution in [0.25, 0.3) is 0 Å². The van der Waals surface area contributed by atoms with Gasteiger partial charge in [0, 0.05) is 0 Å². The average Bonchev–Trinajstić information content (AvgIpc) is 2.33.